The maximum absolute atomic E-state index is 12.3. The molecule has 3 rings (SSSR count). The molecule has 0 aliphatic heterocycles. The molecule has 0 atom stereocenters. The Labute approximate surface area is 129 Å². The van der Waals surface area contributed by atoms with Gasteiger partial charge in [0.05, 0.1) is 6.42 Å². The van der Waals surface area contributed by atoms with Crippen molar-refractivity contribution >= 4 is 22.6 Å². The molecule has 3 aromatic rings. The second-order valence-corrected chi connectivity index (χ2v) is 5.34. The Morgan fingerprint density at radius 2 is 1.68 bits per heavy atom. The van der Waals surface area contributed by atoms with Gasteiger partial charge < -0.3 is 0 Å². The van der Waals surface area contributed by atoms with E-state index < -0.39 is 0 Å². The Morgan fingerprint density at radius 3 is 2.45 bits per heavy atom. The number of anilines is 1. The van der Waals surface area contributed by atoms with Gasteiger partial charge in [-0.3, -0.25) is 10.1 Å². The minimum absolute atomic E-state index is 0.110. The topological polar surface area (TPSA) is 54.9 Å². The van der Waals surface area contributed by atoms with Crippen LogP contribution in [0.4, 0.5) is 5.95 Å². The molecule has 2 aromatic carbocycles. The normalized spacial score (nSPS) is 10.6. The molecule has 22 heavy (non-hydrogen) atoms. The summed E-state index contributed by atoms with van der Waals surface area (Å²) in [7, 11) is 0. The fraction of sp³-hybridized carbons (Fsp3) is 0.167. The molecule has 4 heteroatoms. The lowest BCUT2D eigenvalue weighted by atomic mass is 10.0. The molecule has 0 radical (unpaired) electrons. The maximum atomic E-state index is 12.3. The zero-order valence-electron chi connectivity index (χ0n) is 12.6. The van der Waals surface area contributed by atoms with Crippen LogP contribution in [0.25, 0.3) is 10.8 Å². The van der Waals surface area contributed by atoms with Crippen LogP contribution in [-0.4, -0.2) is 15.9 Å². The average Bonchev–Trinajstić information content (AvgIpc) is 2.46. The minimum Gasteiger partial charge on any atom is -0.294 e. The summed E-state index contributed by atoms with van der Waals surface area (Å²) >= 11 is 0. The van der Waals surface area contributed by atoms with Crippen molar-refractivity contribution in [2.45, 2.75) is 20.3 Å². The highest BCUT2D eigenvalue weighted by Gasteiger charge is 2.09. The van der Waals surface area contributed by atoms with Gasteiger partial charge in [-0.2, -0.15) is 0 Å². The van der Waals surface area contributed by atoms with E-state index in [1.165, 1.54) is 0 Å². The van der Waals surface area contributed by atoms with E-state index in [4.69, 9.17) is 0 Å². The summed E-state index contributed by atoms with van der Waals surface area (Å²) < 4.78 is 0. The number of benzene rings is 2. The van der Waals surface area contributed by atoms with E-state index >= 15 is 0 Å². The third-order valence-electron chi connectivity index (χ3n) is 3.46. The molecule has 110 valence electrons. The molecule has 0 unspecified atom stereocenters. The molecule has 0 aliphatic carbocycles. The third-order valence-corrected chi connectivity index (χ3v) is 3.46. The molecule has 0 saturated heterocycles. The fourth-order valence-corrected chi connectivity index (χ4v) is 2.57. The molecule has 4 nitrogen and oxygen atoms in total. The van der Waals surface area contributed by atoms with Crippen LogP contribution < -0.4 is 5.32 Å². The number of hydrogen-bond donors (Lipinski definition) is 1. The molecular formula is C18H17N3O. The van der Waals surface area contributed by atoms with E-state index in [1.807, 2.05) is 62.4 Å². The summed E-state index contributed by atoms with van der Waals surface area (Å²) in [5, 5.41) is 5.01. The second-order valence-electron chi connectivity index (χ2n) is 5.34. The smallest absolute Gasteiger partial charge is 0.231 e. The van der Waals surface area contributed by atoms with Gasteiger partial charge in [-0.25, -0.2) is 9.97 Å². The molecule has 0 spiro atoms. The number of nitrogens with zero attached hydrogens (tertiary/aromatic N) is 2. The van der Waals surface area contributed by atoms with Crippen LogP contribution in [0.5, 0.6) is 0 Å². The summed E-state index contributed by atoms with van der Waals surface area (Å²) in [6.07, 6.45) is 0.303. The summed E-state index contributed by atoms with van der Waals surface area (Å²) in [5.41, 5.74) is 2.68. The molecule has 1 heterocycles. The Hall–Kier alpha value is -2.75. The molecule has 0 fully saturated rings. The number of amides is 1. The van der Waals surface area contributed by atoms with Crippen molar-refractivity contribution in [2.24, 2.45) is 0 Å². The van der Waals surface area contributed by atoms with Gasteiger partial charge in [0.15, 0.2) is 0 Å². The van der Waals surface area contributed by atoms with Crippen molar-refractivity contribution in [3.05, 3.63) is 65.5 Å². The Bertz CT molecular complexity index is 817. The molecule has 0 aliphatic rings. The van der Waals surface area contributed by atoms with Gasteiger partial charge >= 0.3 is 0 Å². The van der Waals surface area contributed by atoms with Crippen LogP contribution in [0.3, 0.4) is 0 Å². The van der Waals surface area contributed by atoms with Gasteiger partial charge in [0.2, 0.25) is 11.9 Å². The lowest BCUT2D eigenvalue weighted by Crippen LogP contribution is -2.17. The standard InChI is InChI=1S/C18H17N3O/c1-12-10-13(2)20-18(19-12)21-17(22)11-15-8-5-7-14-6-3-4-9-16(14)15/h3-10H,11H2,1-2H3,(H,19,20,21,22). The van der Waals surface area contributed by atoms with Crippen LogP contribution >= 0.6 is 0 Å². The van der Waals surface area contributed by atoms with E-state index in [2.05, 4.69) is 15.3 Å². The molecule has 0 bridgehead atoms. The van der Waals surface area contributed by atoms with E-state index in [9.17, 15) is 4.79 Å². The summed E-state index contributed by atoms with van der Waals surface area (Å²) in [6, 6.07) is 15.9. The SMILES string of the molecule is Cc1cc(C)nc(NC(=O)Cc2cccc3ccccc23)n1. The number of aryl methyl sites for hydroxylation is 2. The van der Waals surface area contributed by atoms with Crippen molar-refractivity contribution in [1.82, 2.24) is 9.97 Å². The highest BCUT2D eigenvalue weighted by Crippen LogP contribution is 2.19. The lowest BCUT2D eigenvalue weighted by molar-refractivity contribution is -0.115. The van der Waals surface area contributed by atoms with Crippen molar-refractivity contribution in [3.8, 4) is 0 Å². The number of rotatable bonds is 3. The second kappa shape index (κ2) is 5.93. The van der Waals surface area contributed by atoms with Crippen LogP contribution in [-0.2, 0) is 11.2 Å². The number of carbonyl (C=O) groups excluding carboxylic acids is 1. The molecule has 1 aromatic heterocycles. The number of hydrogen-bond acceptors (Lipinski definition) is 3. The van der Waals surface area contributed by atoms with Gasteiger partial charge in [0.25, 0.3) is 0 Å². The zero-order chi connectivity index (χ0) is 15.5. The van der Waals surface area contributed by atoms with E-state index in [0.717, 1.165) is 27.7 Å². The first-order chi connectivity index (χ1) is 10.6. The van der Waals surface area contributed by atoms with Crippen LogP contribution in [0.1, 0.15) is 17.0 Å². The first kappa shape index (κ1) is 14.2. The predicted molar refractivity (Wildman–Crippen MR) is 87.8 cm³/mol. The number of nitrogens with one attached hydrogen (secondary N) is 1. The zero-order valence-corrected chi connectivity index (χ0v) is 12.6. The number of aromatic nitrogens is 2. The predicted octanol–water partition coefficient (Wildman–Crippen LogP) is 3.43. The van der Waals surface area contributed by atoms with E-state index in [-0.39, 0.29) is 5.91 Å². The van der Waals surface area contributed by atoms with Gasteiger partial charge in [0.1, 0.15) is 0 Å². The highest BCUT2D eigenvalue weighted by molar-refractivity contribution is 5.95. The quantitative estimate of drug-likeness (QED) is 0.804. The molecule has 1 N–H and O–H groups in total. The van der Waals surface area contributed by atoms with Crippen LogP contribution in [0, 0.1) is 13.8 Å². The highest BCUT2D eigenvalue weighted by atomic mass is 16.1. The summed E-state index contributed by atoms with van der Waals surface area (Å²) in [4.78, 5) is 20.7. The average molecular weight is 291 g/mol. The van der Waals surface area contributed by atoms with Crippen molar-refractivity contribution < 1.29 is 4.79 Å². The van der Waals surface area contributed by atoms with Gasteiger partial charge in [-0.1, -0.05) is 42.5 Å². The summed E-state index contributed by atoms with van der Waals surface area (Å²) in [5.74, 6) is 0.254. The fourth-order valence-electron chi connectivity index (χ4n) is 2.57. The first-order valence-electron chi connectivity index (χ1n) is 7.20. The maximum Gasteiger partial charge on any atom is 0.231 e. The number of fused-ring (bicyclic) bond motifs is 1. The minimum atomic E-state index is -0.110. The third kappa shape index (κ3) is 3.11. The molecule has 1 amide bonds. The van der Waals surface area contributed by atoms with E-state index in [0.29, 0.717) is 12.4 Å². The van der Waals surface area contributed by atoms with Gasteiger partial charge in [-0.15, -0.1) is 0 Å². The van der Waals surface area contributed by atoms with Crippen molar-refractivity contribution in [2.75, 3.05) is 5.32 Å². The largest absolute Gasteiger partial charge is 0.294 e. The Morgan fingerprint density at radius 1 is 1.00 bits per heavy atom. The number of carbonyl (C=O) groups is 1. The van der Waals surface area contributed by atoms with Crippen molar-refractivity contribution in [3.63, 3.8) is 0 Å². The van der Waals surface area contributed by atoms with Crippen molar-refractivity contribution in [1.29, 1.82) is 0 Å². The monoisotopic (exact) mass is 291 g/mol. The molecular weight excluding hydrogens is 274 g/mol. The summed E-state index contributed by atoms with van der Waals surface area (Å²) in [6.45, 7) is 3.77. The van der Waals surface area contributed by atoms with Crippen LogP contribution in [0.15, 0.2) is 48.5 Å². The molecule has 0 saturated carbocycles. The van der Waals surface area contributed by atoms with Crippen LogP contribution in [0.2, 0.25) is 0 Å². The first-order valence-corrected chi connectivity index (χ1v) is 7.20. The Kier molecular flexibility index (Phi) is 3.83. The lowest BCUT2D eigenvalue weighted by Gasteiger charge is -2.08. The van der Waals surface area contributed by atoms with E-state index in [1.54, 1.807) is 0 Å². The van der Waals surface area contributed by atoms with Gasteiger partial charge in [0, 0.05) is 11.4 Å². The Balaban J connectivity index is 1.81. The van der Waals surface area contributed by atoms with Gasteiger partial charge in [-0.05, 0) is 36.2 Å².